The number of nitrogens with zero attached hydrogens (tertiary/aromatic N) is 2. The first kappa shape index (κ1) is 13.8. The molecule has 0 radical (unpaired) electrons. The van der Waals surface area contributed by atoms with Gasteiger partial charge in [-0.25, -0.2) is 8.78 Å². The molecule has 0 fully saturated rings. The van der Waals surface area contributed by atoms with E-state index in [1.54, 1.807) is 17.1 Å². The van der Waals surface area contributed by atoms with Gasteiger partial charge in [-0.15, -0.1) is 0 Å². The van der Waals surface area contributed by atoms with E-state index in [2.05, 4.69) is 10.4 Å². The molecule has 0 aliphatic heterocycles. The molecule has 1 aromatic heterocycles. The molecule has 0 aliphatic rings. The fraction of sp³-hybridized carbons (Fsp3) is 0.250. The lowest BCUT2D eigenvalue weighted by Gasteiger charge is -2.08. The highest BCUT2D eigenvalue weighted by molar-refractivity contribution is 6.33. The zero-order chi connectivity index (χ0) is 13.8. The van der Waals surface area contributed by atoms with Gasteiger partial charge in [-0.1, -0.05) is 11.6 Å². The second kappa shape index (κ2) is 5.99. The molecule has 7 heteroatoms. The number of rotatable bonds is 5. The van der Waals surface area contributed by atoms with Gasteiger partial charge in [0, 0.05) is 24.4 Å². The molecule has 0 aliphatic carbocycles. The van der Waals surface area contributed by atoms with E-state index < -0.39 is 11.6 Å². The third-order valence-electron chi connectivity index (χ3n) is 2.49. The molecule has 19 heavy (non-hydrogen) atoms. The van der Waals surface area contributed by atoms with Crippen LogP contribution in [-0.2, 0) is 13.1 Å². The predicted molar refractivity (Wildman–Crippen MR) is 68.0 cm³/mol. The number of hydrogen-bond acceptors (Lipinski definition) is 3. The van der Waals surface area contributed by atoms with E-state index >= 15 is 0 Å². The summed E-state index contributed by atoms with van der Waals surface area (Å²) >= 11 is 5.76. The van der Waals surface area contributed by atoms with Gasteiger partial charge in [0.1, 0.15) is 5.82 Å². The van der Waals surface area contributed by atoms with Crippen LogP contribution in [0.1, 0.15) is 5.56 Å². The highest BCUT2D eigenvalue weighted by Gasteiger charge is 2.10. The number of aromatic nitrogens is 2. The average molecular weight is 288 g/mol. The van der Waals surface area contributed by atoms with Gasteiger partial charge < -0.3 is 10.4 Å². The third kappa shape index (κ3) is 3.42. The molecule has 2 rings (SSSR count). The Morgan fingerprint density at radius 1 is 1.37 bits per heavy atom. The molecule has 4 nitrogen and oxygen atoms in total. The van der Waals surface area contributed by atoms with Crippen LogP contribution in [0.4, 0.5) is 14.5 Å². The van der Waals surface area contributed by atoms with Crippen molar-refractivity contribution in [2.24, 2.45) is 0 Å². The Morgan fingerprint density at radius 2 is 2.16 bits per heavy atom. The summed E-state index contributed by atoms with van der Waals surface area (Å²) in [6.45, 7) is 0.687. The zero-order valence-corrected chi connectivity index (χ0v) is 10.7. The van der Waals surface area contributed by atoms with Crippen LogP contribution in [0.5, 0.6) is 0 Å². The molecule has 0 bridgehead atoms. The Balaban J connectivity index is 2.05. The van der Waals surface area contributed by atoms with Crippen molar-refractivity contribution >= 4 is 17.3 Å². The van der Waals surface area contributed by atoms with Crippen molar-refractivity contribution in [3.05, 3.63) is 46.7 Å². The van der Waals surface area contributed by atoms with Crippen molar-refractivity contribution < 1.29 is 13.9 Å². The Morgan fingerprint density at radius 3 is 2.84 bits per heavy atom. The van der Waals surface area contributed by atoms with Crippen LogP contribution in [-0.4, -0.2) is 21.5 Å². The maximum atomic E-state index is 13.5. The molecule has 0 atom stereocenters. The first-order valence-electron chi connectivity index (χ1n) is 5.60. The SMILES string of the molecule is OCCn1cc(CNc2c(F)cc(F)cc2Cl)cn1. The highest BCUT2D eigenvalue weighted by Crippen LogP contribution is 2.26. The van der Waals surface area contributed by atoms with Gasteiger partial charge in [-0.05, 0) is 6.07 Å². The summed E-state index contributed by atoms with van der Waals surface area (Å²) in [5.41, 5.74) is 0.853. The number of anilines is 1. The highest BCUT2D eigenvalue weighted by atomic mass is 35.5. The van der Waals surface area contributed by atoms with E-state index in [1.807, 2.05) is 0 Å². The van der Waals surface area contributed by atoms with Crippen molar-refractivity contribution in [2.45, 2.75) is 13.1 Å². The van der Waals surface area contributed by atoms with Gasteiger partial charge in [-0.3, -0.25) is 4.68 Å². The topological polar surface area (TPSA) is 50.1 Å². The summed E-state index contributed by atoms with van der Waals surface area (Å²) in [6, 6.07) is 1.81. The van der Waals surface area contributed by atoms with E-state index in [0.29, 0.717) is 13.1 Å². The molecule has 0 unspecified atom stereocenters. The van der Waals surface area contributed by atoms with Crippen LogP contribution in [0.25, 0.3) is 0 Å². The number of aliphatic hydroxyl groups excluding tert-OH is 1. The lowest BCUT2D eigenvalue weighted by Crippen LogP contribution is -2.03. The van der Waals surface area contributed by atoms with Crippen molar-refractivity contribution in [2.75, 3.05) is 11.9 Å². The first-order chi connectivity index (χ1) is 9.10. The Hall–Kier alpha value is -1.66. The van der Waals surface area contributed by atoms with Crippen molar-refractivity contribution in [1.29, 1.82) is 0 Å². The number of hydrogen-bond donors (Lipinski definition) is 2. The first-order valence-corrected chi connectivity index (χ1v) is 5.98. The number of aliphatic hydroxyl groups is 1. The summed E-state index contributed by atoms with van der Waals surface area (Å²) < 4.78 is 27.9. The number of benzene rings is 1. The third-order valence-corrected chi connectivity index (χ3v) is 2.79. The van der Waals surface area contributed by atoms with E-state index in [0.717, 1.165) is 17.7 Å². The van der Waals surface area contributed by atoms with Crippen molar-refractivity contribution in [3.8, 4) is 0 Å². The largest absolute Gasteiger partial charge is 0.394 e. The van der Waals surface area contributed by atoms with Gasteiger partial charge in [0.25, 0.3) is 0 Å². The molecule has 0 saturated carbocycles. The van der Waals surface area contributed by atoms with E-state index in [9.17, 15) is 8.78 Å². The average Bonchev–Trinajstić information content (AvgIpc) is 2.76. The fourth-order valence-electron chi connectivity index (χ4n) is 1.62. The lowest BCUT2D eigenvalue weighted by molar-refractivity contribution is 0.269. The smallest absolute Gasteiger partial charge is 0.150 e. The van der Waals surface area contributed by atoms with Crippen LogP contribution >= 0.6 is 11.6 Å². The maximum Gasteiger partial charge on any atom is 0.150 e. The van der Waals surface area contributed by atoms with E-state index in [-0.39, 0.29) is 17.3 Å². The zero-order valence-electron chi connectivity index (χ0n) is 9.91. The summed E-state index contributed by atoms with van der Waals surface area (Å²) in [5, 5.41) is 15.5. The van der Waals surface area contributed by atoms with Crippen LogP contribution in [0.15, 0.2) is 24.5 Å². The molecule has 2 N–H and O–H groups in total. The minimum absolute atomic E-state index is 0.00698. The van der Waals surface area contributed by atoms with Crippen LogP contribution in [0.3, 0.4) is 0 Å². The molecular formula is C12H12ClF2N3O. The summed E-state index contributed by atoms with van der Waals surface area (Å²) in [5.74, 6) is -1.46. The predicted octanol–water partition coefficient (Wildman–Crippen LogP) is 2.42. The quantitative estimate of drug-likeness (QED) is 0.888. The molecule has 102 valence electrons. The van der Waals surface area contributed by atoms with E-state index in [1.165, 1.54) is 0 Å². The molecular weight excluding hydrogens is 276 g/mol. The van der Waals surface area contributed by atoms with Gasteiger partial charge in [0.05, 0.1) is 30.1 Å². The van der Waals surface area contributed by atoms with Gasteiger partial charge in [0.2, 0.25) is 0 Å². The number of nitrogens with one attached hydrogen (secondary N) is 1. The molecule has 1 heterocycles. The lowest BCUT2D eigenvalue weighted by atomic mass is 10.2. The van der Waals surface area contributed by atoms with E-state index in [4.69, 9.17) is 16.7 Å². The van der Waals surface area contributed by atoms with Crippen LogP contribution in [0, 0.1) is 11.6 Å². The Labute approximate surface area is 113 Å². The van der Waals surface area contributed by atoms with Crippen molar-refractivity contribution in [1.82, 2.24) is 9.78 Å². The van der Waals surface area contributed by atoms with Gasteiger partial charge >= 0.3 is 0 Å². The molecule has 0 saturated heterocycles. The minimum atomic E-state index is -0.743. The molecule has 2 aromatic rings. The van der Waals surface area contributed by atoms with Gasteiger partial charge in [-0.2, -0.15) is 5.10 Å². The second-order valence-corrected chi connectivity index (χ2v) is 4.34. The van der Waals surface area contributed by atoms with Crippen molar-refractivity contribution in [3.63, 3.8) is 0 Å². The summed E-state index contributed by atoms with van der Waals surface area (Å²) in [6.07, 6.45) is 3.32. The van der Waals surface area contributed by atoms with Crippen LogP contribution < -0.4 is 5.32 Å². The Kier molecular flexibility index (Phi) is 4.34. The Bertz CT molecular complexity index is 551. The normalized spacial score (nSPS) is 10.7. The molecule has 0 amide bonds. The second-order valence-electron chi connectivity index (χ2n) is 3.93. The minimum Gasteiger partial charge on any atom is -0.394 e. The maximum absolute atomic E-state index is 13.5. The van der Waals surface area contributed by atoms with Gasteiger partial charge in [0.15, 0.2) is 5.82 Å². The molecule has 0 spiro atoms. The number of halogens is 3. The summed E-state index contributed by atoms with van der Waals surface area (Å²) in [7, 11) is 0. The van der Waals surface area contributed by atoms with Crippen LogP contribution in [0.2, 0.25) is 5.02 Å². The monoisotopic (exact) mass is 287 g/mol. The molecule has 1 aromatic carbocycles. The summed E-state index contributed by atoms with van der Waals surface area (Å²) in [4.78, 5) is 0. The standard InChI is InChI=1S/C12H12ClF2N3O/c13-10-3-9(14)4-11(15)12(10)16-5-8-6-17-18(7-8)1-2-19/h3-4,6-7,16,19H,1-2,5H2. The fourth-order valence-corrected chi connectivity index (χ4v) is 1.89.